The second kappa shape index (κ2) is 7.44. The zero-order chi connectivity index (χ0) is 18.1. The smallest absolute Gasteiger partial charge is 0.265 e. The molecular formula is C18H24N4O3S. The Morgan fingerprint density at radius 3 is 2.88 bits per heavy atom. The van der Waals surface area contributed by atoms with Crippen LogP contribution < -0.4 is 0 Å². The highest BCUT2D eigenvalue weighted by Crippen LogP contribution is 2.38. The molecule has 2 aromatic rings. The molecule has 4 rings (SSSR count). The van der Waals surface area contributed by atoms with Crippen molar-refractivity contribution in [2.24, 2.45) is 0 Å². The maximum absolute atomic E-state index is 12.8. The quantitative estimate of drug-likeness (QED) is 0.771. The fraction of sp³-hybridized carbons (Fsp3) is 0.667. The maximum atomic E-state index is 12.8. The topological polar surface area (TPSA) is 81.4 Å². The molecule has 8 heteroatoms. The van der Waals surface area contributed by atoms with Crippen molar-refractivity contribution >= 4 is 17.2 Å². The first-order valence-corrected chi connectivity index (χ1v) is 10.1. The maximum Gasteiger partial charge on any atom is 0.265 e. The number of amides is 1. The Morgan fingerprint density at radius 2 is 2.15 bits per heavy atom. The van der Waals surface area contributed by atoms with Gasteiger partial charge in [0.1, 0.15) is 4.88 Å². The lowest BCUT2D eigenvalue weighted by Crippen LogP contribution is -2.43. The van der Waals surface area contributed by atoms with E-state index in [0.29, 0.717) is 31.3 Å². The van der Waals surface area contributed by atoms with E-state index in [0.717, 1.165) is 53.7 Å². The van der Waals surface area contributed by atoms with Crippen LogP contribution in [0.3, 0.4) is 0 Å². The molecule has 0 aromatic carbocycles. The van der Waals surface area contributed by atoms with Gasteiger partial charge in [0.2, 0.25) is 5.89 Å². The highest BCUT2D eigenvalue weighted by molar-refractivity contribution is 7.13. The molecule has 1 unspecified atom stereocenters. The van der Waals surface area contributed by atoms with Crippen LogP contribution in [0.5, 0.6) is 0 Å². The molecule has 2 aliphatic rings. The number of ether oxygens (including phenoxy) is 1. The highest BCUT2D eigenvalue weighted by atomic mass is 32.1. The molecule has 0 radical (unpaired) electrons. The average molecular weight is 376 g/mol. The monoisotopic (exact) mass is 376 g/mol. The third kappa shape index (κ3) is 3.96. The minimum absolute atomic E-state index is 0.0665. The van der Waals surface area contributed by atoms with E-state index in [4.69, 9.17) is 9.26 Å². The van der Waals surface area contributed by atoms with Crippen LogP contribution in [-0.2, 0) is 11.2 Å². The third-order valence-corrected chi connectivity index (χ3v) is 5.91. The SMILES string of the molecule is Cc1nc(C)c(C(=O)N2CCCC(OCCc3noc(C4CC4)n3)C2)s1. The largest absolute Gasteiger partial charge is 0.376 e. The van der Waals surface area contributed by atoms with Gasteiger partial charge in [-0.3, -0.25) is 4.79 Å². The number of hydrogen-bond acceptors (Lipinski definition) is 7. The second-order valence-electron chi connectivity index (χ2n) is 7.11. The van der Waals surface area contributed by atoms with Gasteiger partial charge in [-0.05, 0) is 39.5 Å². The predicted octanol–water partition coefficient (Wildman–Crippen LogP) is 2.88. The van der Waals surface area contributed by atoms with Crippen molar-refractivity contribution in [2.45, 2.75) is 58.0 Å². The fourth-order valence-electron chi connectivity index (χ4n) is 3.31. The molecule has 7 nitrogen and oxygen atoms in total. The van der Waals surface area contributed by atoms with Gasteiger partial charge in [-0.15, -0.1) is 11.3 Å². The van der Waals surface area contributed by atoms with Crippen molar-refractivity contribution in [2.75, 3.05) is 19.7 Å². The van der Waals surface area contributed by atoms with Crippen molar-refractivity contribution in [3.05, 3.63) is 27.3 Å². The number of nitrogens with zero attached hydrogens (tertiary/aromatic N) is 4. The predicted molar refractivity (Wildman–Crippen MR) is 96.4 cm³/mol. The lowest BCUT2D eigenvalue weighted by atomic mass is 10.1. The highest BCUT2D eigenvalue weighted by Gasteiger charge is 2.30. The van der Waals surface area contributed by atoms with Gasteiger partial charge in [0.05, 0.1) is 23.4 Å². The number of rotatable bonds is 6. The molecule has 1 amide bonds. The van der Waals surface area contributed by atoms with Crippen LogP contribution in [0.2, 0.25) is 0 Å². The summed E-state index contributed by atoms with van der Waals surface area (Å²) in [5.74, 6) is 2.04. The first kappa shape index (κ1) is 17.6. The minimum atomic E-state index is 0.0665. The normalized spacial score (nSPS) is 20.5. The van der Waals surface area contributed by atoms with Crippen LogP contribution in [0.15, 0.2) is 4.52 Å². The molecule has 0 N–H and O–H groups in total. The molecule has 0 spiro atoms. The summed E-state index contributed by atoms with van der Waals surface area (Å²) < 4.78 is 11.3. The number of thiazole rings is 1. The standard InChI is InChI=1S/C18H24N4O3S/c1-11-16(26-12(2)19-11)18(23)22-8-3-4-14(10-22)24-9-7-15-20-17(25-21-15)13-5-6-13/h13-14H,3-10H2,1-2H3. The van der Waals surface area contributed by atoms with Crippen molar-refractivity contribution in [3.63, 3.8) is 0 Å². The van der Waals surface area contributed by atoms with Gasteiger partial charge in [-0.2, -0.15) is 4.98 Å². The van der Waals surface area contributed by atoms with E-state index in [-0.39, 0.29) is 12.0 Å². The number of piperidine rings is 1. The van der Waals surface area contributed by atoms with E-state index in [1.54, 1.807) is 0 Å². The van der Waals surface area contributed by atoms with Crippen LogP contribution in [0, 0.1) is 13.8 Å². The van der Waals surface area contributed by atoms with Gasteiger partial charge in [0.25, 0.3) is 5.91 Å². The van der Waals surface area contributed by atoms with Crippen molar-refractivity contribution < 1.29 is 14.1 Å². The zero-order valence-electron chi connectivity index (χ0n) is 15.2. The average Bonchev–Trinajstić information content (AvgIpc) is 3.28. The van der Waals surface area contributed by atoms with Crippen LogP contribution in [0.25, 0.3) is 0 Å². The molecular weight excluding hydrogens is 352 g/mol. The lowest BCUT2D eigenvalue weighted by molar-refractivity contribution is 0.00264. The van der Waals surface area contributed by atoms with Gasteiger partial charge >= 0.3 is 0 Å². The Kier molecular flexibility index (Phi) is 5.04. The Bertz CT molecular complexity index is 783. The third-order valence-electron chi connectivity index (χ3n) is 4.85. The summed E-state index contributed by atoms with van der Waals surface area (Å²) in [7, 11) is 0. The van der Waals surface area contributed by atoms with Gasteiger partial charge in [0, 0.05) is 25.4 Å². The van der Waals surface area contributed by atoms with Crippen LogP contribution >= 0.6 is 11.3 Å². The molecule has 3 heterocycles. The molecule has 0 bridgehead atoms. The summed E-state index contributed by atoms with van der Waals surface area (Å²) in [4.78, 5) is 24.2. The first-order chi connectivity index (χ1) is 12.6. The molecule has 140 valence electrons. The number of carbonyl (C=O) groups is 1. The molecule has 1 atom stereocenters. The van der Waals surface area contributed by atoms with E-state index in [9.17, 15) is 4.79 Å². The Balaban J connectivity index is 1.27. The molecule has 1 saturated heterocycles. The summed E-state index contributed by atoms with van der Waals surface area (Å²) in [5.41, 5.74) is 0.823. The van der Waals surface area contributed by atoms with E-state index >= 15 is 0 Å². The van der Waals surface area contributed by atoms with Crippen LogP contribution in [0.1, 0.15) is 63.7 Å². The Morgan fingerprint density at radius 1 is 1.31 bits per heavy atom. The summed E-state index contributed by atoms with van der Waals surface area (Å²) >= 11 is 1.47. The zero-order valence-corrected chi connectivity index (χ0v) is 16.0. The van der Waals surface area contributed by atoms with Gasteiger partial charge in [-0.1, -0.05) is 5.16 Å². The van der Waals surface area contributed by atoms with Gasteiger partial charge < -0.3 is 14.2 Å². The van der Waals surface area contributed by atoms with E-state index in [2.05, 4.69) is 15.1 Å². The number of likely N-dealkylation sites (tertiary alicyclic amines) is 1. The van der Waals surface area contributed by atoms with Gasteiger partial charge in [0.15, 0.2) is 5.82 Å². The van der Waals surface area contributed by atoms with Crippen molar-refractivity contribution in [1.82, 2.24) is 20.0 Å². The lowest BCUT2D eigenvalue weighted by Gasteiger charge is -2.32. The second-order valence-corrected chi connectivity index (χ2v) is 8.31. The minimum Gasteiger partial charge on any atom is -0.376 e. The molecule has 26 heavy (non-hydrogen) atoms. The van der Waals surface area contributed by atoms with E-state index < -0.39 is 0 Å². The first-order valence-electron chi connectivity index (χ1n) is 9.27. The van der Waals surface area contributed by atoms with Gasteiger partial charge in [-0.25, -0.2) is 4.98 Å². The van der Waals surface area contributed by atoms with Crippen LogP contribution in [0.4, 0.5) is 0 Å². The fourth-order valence-corrected chi connectivity index (χ4v) is 4.20. The van der Waals surface area contributed by atoms with Crippen LogP contribution in [-0.4, -0.2) is 51.7 Å². The molecule has 2 fully saturated rings. The summed E-state index contributed by atoms with van der Waals surface area (Å²) in [5, 5.41) is 4.95. The van der Waals surface area contributed by atoms with Crippen molar-refractivity contribution in [3.8, 4) is 0 Å². The number of aromatic nitrogens is 3. The number of aryl methyl sites for hydroxylation is 2. The molecule has 1 aliphatic carbocycles. The number of hydrogen-bond donors (Lipinski definition) is 0. The summed E-state index contributed by atoms with van der Waals surface area (Å²) in [6.45, 7) is 5.80. The Hall–Kier alpha value is -1.80. The molecule has 1 aliphatic heterocycles. The molecule has 1 saturated carbocycles. The van der Waals surface area contributed by atoms with E-state index in [1.807, 2.05) is 18.7 Å². The number of carbonyl (C=O) groups excluding carboxylic acids is 1. The van der Waals surface area contributed by atoms with E-state index in [1.165, 1.54) is 11.3 Å². The Labute approximate surface area is 156 Å². The molecule has 2 aromatic heterocycles. The summed E-state index contributed by atoms with van der Waals surface area (Å²) in [6.07, 6.45) is 4.96. The summed E-state index contributed by atoms with van der Waals surface area (Å²) in [6, 6.07) is 0. The van der Waals surface area contributed by atoms with Crippen molar-refractivity contribution in [1.29, 1.82) is 0 Å².